The van der Waals surface area contributed by atoms with E-state index in [1.165, 1.54) is 11.3 Å². The number of likely N-dealkylation sites (tertiary alicyclic amines) is 1. The molecule has 0 unspecified atom stereocenters. The smallest absolute Gasteiger partial charge is 0.280 e. The normalized spacial score (nSPS) is 18.5. The number of hydrogen-bond donors (Lipinski definition) is 3. The van der Waals surface area contributed by atoms with Crippen molar-refractivity contribution >= 4 is 62.9 Å². The lowest BCUT2D eigenvalue weighted by molar-refractivity contribution is -0.135. The van der Waals surface area contributed by atoms with Crippen LogP contribution in [-0.2, 0) is 16.1 Å². The summed E-state index contributed by atoms with van der Waals surface area (Å²) in [6.07, 6.45) is 9.72. The molecule has 0 atom stereocenters. The third-order valence-corrected chi connectivity index (χ3v) is 11.9. The number of thiocarbonyl (C=S) groups is 1. The topological polar surface area (TPSA) is 115 Å². The number of amides is 2. The Labute approximate surface area is 295 Å². The maximum absolute atomic E-state index is 13.3. The van der Waals surface area contributed by atoms with Crippen molar-refractivity contribution in [2.24, 2.45) is 17.1 Å². The van der Waals surface area contributed by atoms with E-state index in [9.17, 15) is 9.59 Å². The minimum Gasteiger partial charge on any atom is -0.389 e. The molecule has 252 valence electrons. The molecule has 2 aromatic carbocycles. The van der Waals surface area contributed by atoms with E-state index in [4.69, 9.17) is 34.3 Å². The second-order valence-corrected chi connectivity index (χ2v) is 15.1. The van der Waals surface area contributed by atoms with Crippen LogP contribution in [0, 0.1) is 11.3 Å². The molecule has 0 bridgehead atoms. The average Bonchev–Trinajstić information content (AvgIpc) is 3.77. The Hall–Kier alpha value is -3.35. The highest BCUT2D eigenvalue weighted by molar-refractivity contribution is 7.80. The van der Waals surface area contributed by atoms with E-state index < -0.39 is 0 Å². The predicted octanol–water partition coefficient (Wildman–Crippen LogP) is 5.94. The van der Waals surface area contributed by atoms with Crippen LogP contribution in [0.5, 0.6) is 0 Å². The standard InChI is InChI=1S/C36H41ClN6O3S2/c37-30-25(4-5-28-29(23-2-1-3-24(18-23)32(38)47)22-43(31(28)30)27-6-15-46-16-7-27)21-41-33(44)26-19-36(20-26)8-12-42(13-9-36)14-10-39-34(45)35-40-11-17-48-35/h1-5,11,17-18,22,26-27H,6-10,12-16,19-21H2,(H2,38,47)(H,39,45)(H,41,44). The number of fused-ring (bicyclic) bond motifs is 1. The Bertz CT molecular complexity index is 1800. The second-order valence-electron chi connectivity index (χ2n) is 13.4. The minimum absolute atomic E-state index is 0.0373. The molecule has 9 nitrogen and oxygen atoms in total. The Kier molecular flexibility index (Phi) is 9.84. The molecule has 2 amide bonds. The van der Waals surface area contributed by atoms with Crippen LogP contribution in [0.25, 0.3) is 22.0 Å². The van der Waals surface area contributed by atoms with Gasteiger partial charge < -0.3 is 30.6 Å². The Morgan fingerprint density at radius 3 is 2.65 bits per heavy atom. The van der Waals surface area contributed by atoms with Gasteiger partial charge in [0.15, 0.2) is 5.01 Å². The molecular formula is C36H41ClN6O3S2. The Morgan fingerprint density at radius 1 is 1.12 bits per heavy atom. The summed E-state index contributed by atoms with van der Waals surface area (Å²) in [6.45, 7) is 5.26. The first-order chi connectivity index (χ1) is 23.3. The monoisotopic (exact) mass is 704 g/mol. The minimum atomic E-state index is -0.107. The number of ether oxygens (including phenoxy) is 1. The fourth-order valence-electron chi connectivity index (χ4n) is 7.70. The fourth-order valence-corrected chi connectivity index (χ4v) is 8.71. The highest BCUT2D eigenvalue weighted by Crippen LogP contribution is 2.52. The van der Waals surface area contributed by atoms with Crippen LogP contribution < -0.4 is 16.4 Å². The number of piperidine rings is 1. The van der Waals surface area contributed by atoms with Crippen molar-refractivity contribution < 1.29 is 14.3 Å². The molecular weight excluding hydrogens is 664 g/mol. The van der Waals surface area contributed by atoms with E-state index in [-0.39, 0.29) is 29.2 Å². The lowest BCUT2D eigenvalue weighted by Crippen LogP contribution is -2.51. The molecule has 1 saturated carbocycles. The number of rotatable bonds is 10. The van der Waals surface area contributed by atoms with Crippen molar-refractivity contribution in [3.05, 3.63) is 75.3 Å². The number of aromatic nitrogens is 2. The lowest BCUT2D eigenvalue weighted by Gasteiger charge is -2.51. The third-order valence-electron chi connectivity index (χ3n) is 10.5. The summed E-state index contributed by atoms with van der Waals surface area (Å²) in [5, 5.41) is 10.2. The zero-order chi connectivity index (χ0) is 33.3. The molecule has 2 saturated heterocycles. The first-order valence-electron chi connectivity index (χ1n) is 16.8. The van der Waals surface area contributed by atoms with Crippen LogP contribution in [-0.4, -0.2) is 70.6 Å². The summed E-state index contributed by atoms with van der Waals surface area (Å²) in [7, 11) is 0. The van der Waals surface area contributed by atoms with Crippen molar-refractivity contribution in [2.45, 2.75) is 51.1 Å². The molecule has 3 aliphatic rings. The van der Waals surface area contributed by atoms with Gasteiger partial charge in [0.1, 0.15) is 4.99 Å². The molecule has 4 heterocycles. The lowest BCUT2D eigenvalue weighted by atomic mass is 9.57. The van der Waals surface area contributed by atoms with E-state index in [0.29, 0.717) is 28.1 Å². The first kappa shape index (κ1) is 33.2. The fraction of sp³-hybridized carbons (Fsp3) is 0.444. The maximum atomic E-state index is 13.3. The summed E-state index contributed by atoms with van der Waals surface area (Å²) in [6, 6.07) is 12.5. The molecule has 1 spiro atoms. The molecule has 4 N–H and O–H groups in total. The van der Waals surface area contributed by atoms with Crippen molar-refractivity contribution in [3.63, 3.8) is 0 Å². The number of nitrogens with one attached hydrogen (secondary N) is 2. The van der Waals surface area contributed by atoms with Crippen LogP contribution in [0.15, 0.2) is 54.2 Å². The summed E-state index contributed by atoms with van der Waals surface area (Å²) in [5.74, 6) is 0.0409. The van der Waals surface area contributed by atoms with Crippen LogP contribution in [0.3, 0.4) is 0 Å². The van der Waals surface area contributed by atoms with Gasteiger partial charge in [-0.2, -0.15) is 0 Å². The SMILES string of the molecule is NC(=S)c1cccc(-c2cn(C3CCOCC3)c3c(Cl)c(CNC(=O)C4CC5(CCN(CCNC(=O)c6nccs6)CC5)C4)ccc23)c1. The zero-order valence-electron chi connectivity index (χ0n) is 26.9. The van der Waals surface area contributed by atoms with E-state index in [1.807, 2.05) is 29.6 Å². The van der Waals surface area contributed by atoms with E-state index in [2.05, 4.69) is 43.4 Å². The van der Waals surface area contributed by atoms with Gasteiger partial charge in [-0.05, 0) is 74.2 Å². The second kappa shape index (κ2) is 14.2. The third kappa shape index (κ3) is 6.89. The van der Waals surface area contributed by atoms with Crippen LogP contribution in [0.1, 0.15) is 65.5 Å². The molecule has 2 aromatic heterocycles. The van der Waals surface area contributed by atoms with E-state index in [1.54, 1.807) is 6.20 Å². The maximum Gasteiger partial charge on any atom is 0.280 e. The van der Waals surface area contributed by atoms with Crippen molar-refractivity contribution in [1.29, 1.82) is 0 Å². The first-order valence-corrected chi connectivity index (χ1v) is 18.4. The van der Waals surface area contributed by atoms with Crippen LogP contribution in [0.2, 0.25) is 5.02 Å². The quantitative estimate of drug-likeness (QED) is 0.175. The number of thiazole rings is 1. The average molecular weight is 705 g/mol. The number of carbonyl (C=O) groups is 2. The van der Waals surface area contributed by atoms with Gasteiger partial charge in [0.05, 0.1) is 10.5 Å². The van der Waals surface area contributed by atoms with Crippen molar-refractivity contribution in [1.82, 2.24) is 25.1 Å². The molecule has 4 aromatic rings. The Balaban J connectivity index is 0.970. The van der Waals surface area contributed by atoms with Gasteiger partial charge in [0, 0.05) is 79.1 Å². The van der Waals surface area contributed by atoms with Gasteiger partial charge in [0.2, 0.25) is 5.91 Å². The summed E-state index contributed by atoms with van der Waals surface area (Å²) in [4.78, 5) is 32.3. The summed E-state index contributed by atoms with van der Waals surface area (Å²) >= 11 is 13.8. The summed E-state index contributed by atoms with van der Waals surface area (Å²) in [5.41, 5.74) is 11.1. The highest BCUT2D eigenvalue weighted by Gasteiger charge is 2.48. The molecule has 12 heteroatoms. The van der Waals surface area contributed by atoms with Gasteiger partial charge in [-0.25, -0.2) is 4.98 Å². The number of benzene rings is 2. The van der Waals surface area contributed by atoms with Gasteiger partial charge in [-0.3, -0.25) is 9.59 Å². The molecule has 48 heavy (non-hydrogen) atoms. The number of halogens is 1. The molecule has 2 aliphatic heterocycles. The van der Waals surface area contributed by atoms with Gasteiger partial charge in [-0.1, -0.05) is 54.2 Å². The number of nitrogens with two attached hydrogens (primary N) is 1. The summed E-state index contributed by atoms with van der Waals surface area (Å²) < 4.78 is 7.98. The zero-order valence-corrected chi connectivity index (χ0v) is 29.3. The van der Waals surface area contributed by atoms with Crippen molar-refractivity contribution in [2.75, 3.05) is 39.4 Å². The Morgan fingerprint density at radius 2 is 1.92 bits per heavy atom. The number of nitrogens with zero attached hydrogens (tertiary/aromatic N) is 3. The van der Waals surface area contributed by atoms with Crippen LogP contribution in [0.4, 0.5) is 0 Å². The highest BCUT2D eigenvalue weighted by atomic mass is 35.5. The van der Waals surface area contributed by atoms with Gasteiger partial charge >= 0.3 is 0 Å². The molecule has 1 aliphatic carbocycles. The van der Waals surface area contributed by atoms with Gasteiger partial charge in [0.25, 0.3) is 5.91 Å². The van der Waals surface area contributed by atoms with Crippen molar-refractivity contribution in [3.8, 4) is 11.1 Å². The molecule has 7 rings (SSSR count). The predicted molar refractivity (Wildman–Crippen MR) is 194 cm³/mol. The van der Waals surface area contributed by atoms with Crippen LogP contribution >= 0.6 is 35.2 Å². The molecule has 0 radical (unpaired) electrons. The van der Waals surface area contributed by atoms with E-state index >= 15 is 0 Å². The number of hydrogen-bond acceptors (Lipinski definition) is 7. The largest absolute Gasteiger partial charge is 0.389 e. The number of carbonyl (C=O) groups excluding carboxylic acids is 2. The van der Waals surface area contributed by atoms with Gasteiger partial charge in [-0.15, -0.1) is 11.3 Å². The van der Waals surface area contributed by atoms with E-state index in [0.717, 1.165) is 105 Å². The molecule has 3 fully saturated rings.